The second-order valence-electron chi connectivity index (χ2n) is 8.27. The van der Waals surface area contributed by atoms with Gasteiger partial charge in [-0.1, -0.05) is 56.4 Å². The van der Waals surface area contributed by atoms with Crippen LogP contribution in [-0.2, 0) is 15.0 Å². The SMILES string of the molecule is CC(C)(C)c1ccc([C@H]2C(=C(O)c3ccc(F)cc3)C(=O)C(=O)N2c2nncs2)cc1. The summed E-state index contributed by atoms with van der Waals surface area (Å²) in [6.07, 6.45) is 0. The Morgan fingerprint density at radius 3 is 2.26 bits per heavy atom. The molecule has 0 unspecified atom stereocenters. The summed E-state index contributed by atoms with van der Waals surface area (Å²) in [6.45, 7) is 6.26. The zero-order chi connectivity index (χ0) is 22.3. The number of aliphatic hydroxyl groups is 1. The van der Waals surface area contributed by atoms with Crippen molar-refractivity contribution in [1.29, 1.82) is 0 Å². The number of hydrogen-bond donors (Lipinski definition) is 1. The average molecular weight is 437 g/mol. The predicted molar refractivity (Wildman–Crippen MR) is 116 cm³/mol. The first-order valence-corrected chi connectivity index (χ1v) is 10.5. The van der Waals surface area contributed by atoms with Crippen LogP contribution in [0.5, 0.6) is 0 Å². The Hall–Kier alpha value is -3.39. The minimum Gasteiger partial charge on any atom is -0.507 e. The van der Waals surface area contributed by atoms with Crippen LogP contribution in [0.25, 0.3) is 5.76 Å². The van der Waals surface area contributed by atoms with Crippen LogP contribution < -0.4 is 4.90 Å². The Morgan fingerprint density at radius 1 is 1.06 bits per heavy atom. The molecular weight excluding hydrogens is 417 g/mol. The molecule has 1 aromatic heterocycles. The van der Waals surface area contributed by atoms with Crippen molar-refractivity contribution >= 4 is 33.9 Å². The fourth-order valence-electron chi connectivity index (χ4n) is 3.55. The van der Waals surface area contributed by atoms with Crippen molar-refractivity contribution in [3.63, 3.8) is 0 Å². The van der Waals surface area contributed by atoms with Gasteiger partial charge in [0.1, 0.15) is 17.1 Å². The van der Waals surface area contributed by atoms with E-state index in [1.54, 1.807) is 0 Å². The highest BCUT2D eigenvalue weighted by Gasteiger charge is 2.48. The van der Waals surface area contributed by atoms with Gasteiger partial charge in [-0.05, 0) is 40.8 Å². The number of rotatable bonds is 3. The number of halogens is 1. The van der Waals surface area contributed by atoms with E-state index in [-0.39, 0.29) is 27.4 Å². The van der Waals surface area contributed by atoms with E-state index >= 15 is 0 Å². The van der Waals surface area contributed by atoms with Gasteiger partial charge in [-0.15, -0.1) is 10.2 Å². The number of hydrogen-bond acceptors (Lipinski definition) is 6. The van der Waals surface area contributed by atoms with Crippen LogP contribution in [0.4, 0.5) is 9.52 Å². The van der Waals surface area contributed by atoms with Crippen LogP contribution in [0.15, 0.2) is 59.6 Å². The third-order valence-electron chi connectivity index (χ3n) is 5.21. The number of carbonyl (C=O) groups is 2. The Labute approximate surface area is 182 Å². The molecule has 0 bridgehead atoms. The highest BCUT2D eigenvalue weighted by molar-refractivity contribution is 7.13. The van der Waals surface area contributed by atoms with Gasteiger partial charge in [0.25, 0.3) is 5.78 Å². The van der Waals surface area contributed by atoms with E-state index in [1.165, 1.54) is 34.7 Å². The van der Waals surface area contributed by atoms with Crippen molar-refractivity contribution < 1.29 is 19.1 Å². The number of anilines is 1. The molecule has 2 heterocycles. The first-order valence-electron chi connectivity index (χ1n) is 9.62. The van der Waals surface area contributed by atoms with E-state index < -0.39 is 23.5 Å². The molecule has 2 aromatic carbocycles. The number of aromatic nitrogens is 2. The zero-order valence-electron chi connectivity index (χ0n) is 17.2. The van der Waals surface area contributed by atoms with Gasteiger partial charge in [-0.25, -0.2) is 4.39 Å². The molecule has 0 saturated carbocycles. The minimum atomic E-state index is -0.882. The van der Waals surface area contributed by atoms with Crippen molar-refractivity contribution in [3.8, 4) is 0 Å². The molecular formula is C23H20FN3O3S. The lowest BCUT2D eigenvalue weighted by Gasteiger charge is -2.24. The minimum absolute atomic E-state index is 0.0738. The number of benzene rings is 2. The van der Waals surface area contributed by atoms with Crippen LogP contribution in [0.3, 0.4) is 0 Å². The summed E-state index contributed by atoms with van der Waals surface area (Å²) in [6, 6.07) is 11.8. The van der Waals surface area contributed by atoms with Gasteiger partial charge < -0.3 is 5.11 Å². The molecule has 1 fully saturated rings. The van der Waals surface area contributed by atoms with Crippen molar-refractivity contribution in [2.45, 2.75) is 32.2 Å². The van der Waals surface area contributed by atoms with Crippen molar-refractivity contribution in [1.82, 2.24) is 10.2 Å². The van der Waals surface area contributed by atoms with Gasteiger partial charge in [0, 0.05) is 5.56 Å². The van der Waals surface area contributed by atoms with Crippen molar-refractivity contribution in [3.05, 3.63) is 82.1 Å². The maximum atomic E-state index is 13.3. The van der Waals surface area contributed by atoms with E-state index in [9.17, 15) is 19.1 Å². The number of nitrogens with zero attached hydrogens (tertiary/aromatic N) is 3. The Morgan fingerprint density at radius 2 is 1.71 bits per heavy atom. The van der Waals surface area contributed by atoms with Gasteiger partial charge in [0.2, 0.25) is 5.13 Å². The molecule has 0 radical (unpaired) electrons. The van der Waals surface area contributed by atoms with Crippen LogP contribution in [0.1, 0.15) is 43.5 Å². The Balaban J connectivity index is 1.90. The van der Waals surface area contributed by atoms with Crippen LogP contribution in [-0.4, -0.2) is 27.0 Å². The lowest BCUT2D eigenvalue weighted by atomic mass is 9.85. The molecule has 4 rings (SSSR count). The Kier molecular flexibility index (Phi) is 5.18. The largest absolute Gasteiger partial charge is 0.507 e. The van der Waals surface area contributed by atoms with Gasteiger partial charge in [-0.2, -0.15) is 0 Å². The second kappa shape index (κ2) is 7.70. The third kappa shape index (κ3) is 3.74. The van der Waals surface area contributed by atoms with Gasteiger partial charge in [-0.3, -0.25) is 14.5 Å². The summed E-state index contributed by atoms with van der Waals surface area (Å²) in [5.41, 5.74) is 3.29. The predicted octanol–water partition coefficient (Wildman–Crippen LogP) is 4.60. The molecule has 31 heavy (non-hydrogen) atoms. The fraction of sp³-hybridized carbons (Fsp3) is 0.217. The zero-order valence-corrected chi connectivity index (χ0v) is 18.0. The number of ketones is 1. The maximum absolute atomic E-state index is 13.3. The third-order valence-corrected chi connectivity index (χ3v) is 5.90. The lowest BCUT2D eigenvalue weighted by molar-refractivity contribution is -0.132. The van der Waals surface area contributed by atoms with Crippen LogP contribution in [0, 0.1) is 5.82 Å². The maximum Gasteiger partial charge on any atom is 0.301 e. The molecule has 3 aromatic rings. The van der Waals surface area contributed by atoms with E-state index in [2.05, 4.69) is 31.0 Å². The highest BCUT2D eigenvalue weighted by Crippen LogP contribution is 2.42. The normalized spacial score (nSPS) is 18.6. The Bertz CT molecular complexity index is 1160. The van der Waals surface area contributed by atoms with Crippen LogP contribution >= 0.6 is 11.3 Å². The summed E-state index contributed by atoms with van der Waals surface area (Å²) in [5.74, 6) is -2.47. The van der Waals surface area contributed by atoms with Crippen molar-refractivity contribution in [2.24, 2.45) is 0 Å². The smallest absolute Gasteiger partial charge is 0.301 e. The quantitative estimate of drug-likeness (QED) is 0.368. The monoisotopic (exact) mass is 437 g/mol. The summed E-state index contributed by atoms with van der Waals surface area (Å²) in [4.78, 5) is 27.2. The van der Waals surface area contributed by atoms with E-state index in [4.69, 9.17) is 0 Å². The molecule has 158 valence electrons. The average Bonchev–Trinajstić information content (AvgIpc) is 3.34. The molecule has 6 nitrogen and oxygen atoms in total. The summed E-state index contributed by atoms with van der Waals surface area (Å²) >= 11 is 1.12. The molecule has 8 heteroatoms. The standard InChI is InChI=1S/C23H20FN3O3S/c1-23(2,3)15-8-4-13(5-9-15)18-17(19(28)14-6-10-16(24)11-7-14)20(29)21(30)27(18)22-26-25-12-31-22/h4-12,18,28H,1-3H3/t18-/m0/s1. The number of Topliss-reactive ketones (excluding diaryl/α,β-unsaturated/α-hetero) is 1. The lowest BCUT2D eigenvalue weighted by Crippen LogP contribution is -2.29. The number of aliphatic hydroxyl groups excluding tert-OH is 1. The topological polar surface area (TPSA) is 83.4 Å². The summed E-state index contributed by atoms with van der Waals surface area (Å²) in [7, 11) is 0. The molecule has 1 aliphatic rings. The van der Waals surface area contributed by atoms with Gasteiger partial charge in [0.15, 0.2) is 0 Å². The summed E-state index contributed by atoms with van der Waals surface area (Å²) in [5, 5.41) is 19.0. The number of carbonyl (C=O) groups excluding carboxylic acids is 2. The molecule has 1 aliphatic heterocycles. The second-order valence-corrected chi connectivity index (χ2v) is 9.08. The van der Waals surface area contributed by atoms with Gasteiger partial charge in [0.05, 0.1) is 11.6 Å². The van der Waals surface area contributed by atoms with Crippen molar-refractivity contribution in [2.75, 3.05) is 4.90 Å². The molecule has 1 amide bonds. The number of amides is 1. The molecule has 1 saturated heterocycles. The fourth-order valence-corrected chi connectivity index (χ4v) is 4.13. The van der Waals surface area contributed by atoms with Crippen LogP contribution in [0.2, 0.25) is 0 Å². The first-order chi connectivity index (χ1) is 14.7. The van der Waals surface area contributed by atoms with Gasteiger partial charge >= 0.3 is 5.91 Å². The molecule has 0 aliphatic carbocycles. The van der Waals surface area contributed by atoms with E-state index in [1.807, 2.05) is 24.3 Å². The first kappa shape index (κ1) is 20.9. The highest BCUT2D eigenvalue weighted by atomic mass is 32.1. The van der Waals surface area contributed by atoms with E-state index in [0.717, 1.165) is 16.9 Å². The molecule has 0 spiro atoms. The van der Waals surface area contributed by atoms with E-state index in [0.29, 0.717) is 5.56 Å². The molecule has 1 N–H and O–H groups in total. The molecule has 1 atom stereocenters. The summed E-state index contributed by atoms with van der Waals surface area (Å²) < 4.78 is 13.3.